The topological polar surface area (TPSA) is 96.1 Å². The molecule has 1 amide bonds. The lowest BCUT2D eigenvalue weighted by Crippen LogP contribution is -2.44. The zero-order valence-electron chi connectivity index (χ0n) is 22.4. The Morgan fingerprint density at radius 2 is 1.93 bits per heavy atom. The predicted octanol–water partition coefficient (Wildman–Crippen LogP) is 6.03. The van der Waals surface area contributed by atoms with E-state index in [2.05, 4.69) is 15.1 Å². The van der Waals surface area contributed by atoms with Crippen molar-refractivity contribution < 1.29 is 28.2 Å². The van der Waals surface area contributed by atoms with Crippen molar-refractivity contribution in [2.24, 2.45) is 0 Å². The van der Waals surface area contributed by atoms with E-state index in [9.17, 15) is 14.7 Å². The number of amides is 1. The number of aromatic nitrogens is 1. The molecule has 1 aliphatic rings. The Balaban J connectivity index is 1.43. The molecule has 8 nitrogen and oxygen atoms in total. The second kappa shape index (κ2) is 12.1. The molecular weight excluding hydrogens is 566 g/mol. The lowest BCUT2D eigenvalue weighted by molar-refractivity contribution is -0.139. The Kier molecular flexibility index (Phi) is 8.34. The number of carboxylic acids is 1. The minimum Gasteiger partial charge on any atom is -0.480 e. The molecule has 0 unspecified atom stereocenters. The molecule has 2 N–H and O–H groups in total. The second-order valence-corrected chi connectivity index (χ2v) is 10.3. The highest BCUT2D eigenvalue weighted by molar-refractivity contribution is 6.34. The molecule has 5 rings (SSSR count). The van der Waals surface area contributed by atoms with Crippen LogP contribution in [0, 0.1) is 18.2 Å². The van der Waals surface area contributed by atoms with E-state index in [1.54, 1.807) is 53.6 Å². The van der Waals surface area contributed by atoms with Crippen LogP contribution in [-0.2, 0) is 16.0 Å². The van der Waals surface area contributed by atoms with Crippen molar-refractivity contribution in [3.05, 3.63) is 100.0 Å². The molecule has 1 aliphatic heterocycles. The second-order valence-electron chi connectivity index (χ2n) is 9.92. The fraction of sp³-hybridized carbons (Fsp3) is 0.226. The predicted molar refractivity (Wildman–Crippen MR) is 155 cm³/mol. The number of rotatable bonds is 7. The number of nitrogens with one attached hydrogen (secondary N) is 1. The van der Waals surface area contributed by atoms with Gasteiger partial charge < -0.3 is 20.1 Å². The lowest BCUT2D eigenvalue weighted by Gasteiger charge is -2.35. The van der Waals surface area contributed by atoms with Crippen molar-refractivity contribution in [1.29, 1.82) is 0 Å². The van der Waals surface area contributed by atoms with Crippen LogP contribution in [0.15, 0.2) is 60.8 Å². The van der Waals surface area contributed by atoms with E-state index < -0.39 is 35.1 Å². The van der Waals surface area contributed by atoms with Gasteiger partial charge in [0.15, 0.2) is 5.69 Å². The quantitative estimate of drug-likeness (QED) is 0.255. The average Bonchev–Trinajstić information content (AvgIpc) is 2.97. The molecule has 11 heteroatoms. The molecule has 2 heterocycles. The standard InChI is InChI=1S/C31H25ClF2N4O4/c1-17-16-42-11-10-38(17)20-14-25(33)28(26(34)15-20)30(39)37-27(31(40)41)12-18-5-7-23(29-21(18)4-3-9-36-29)22-8-6-19(35-2)13-24(22)32/h3-9,13-15,17,27H,10-12,16H2,1H3,(H,37,39)(H,40,41)/t17-,27+/m1/s1. The summed E-state index contributed by atoms with van der Waals surface area (Å²) in [5.74, 6) is -4.73. The van der Waals surface area contributed by atoms with Gasteiger partial charge in [0.05, 0.1) is 25.3 Å². The third-order valence-corrected chi connectivity index (χ3v) is 7.53. The number of halogens is 3. The monoisotopic (exact) mass is 590 g/mol. The van der Waals surface area contributed by atoms with E-state index in [-0.39, 0.29) is 18.2 Å². The molecule has 42 heavy (non-hydrogen) atoms. The number of fused-ring (bicyclic) bond motifs is 1. The van der Waals surface area contributed by atoms with E-state index in [1.807, 2.05) is 6.92 Å². The summed E-state index contributed by atoms with van der Waals surface area (Å²) >= 11 is 6.44. The molecule has 214 valence electrons. The normalized spacial score (nSPS) is 15.7. The average molecular weight is 591 g/mol. The van der Waals surface area contributed by atoms with Crippen LogP contribution in [0.4, 0.5) is 20.2 Å². The number of nitrogens with zero attached hydrogens (tertiary/aromatic N) is 3. The van der Waals surface area contributed by atoms with E-state index in [0.717, 1.165) is 12.1 Å². The summed E-state index contributed by atoms with van der Waals surface area (Å²) in [5.41, 5.74) is 2.19. The van der Waals surface area contributed by atoms with Gasteiger partial charge in [-0.3, -0.25) is 9.78 Å². The van der Waals surface area contributed by atoms with Gasteiger partial charge in [-0.2, -0.15) is 0 Å². The van der Waals surface area contributed by atoms with Gasteiger partial charge in [0, 0.05) is 46.9 Å². The summed E-state index contributed by atoms with van der Waals surface area (Å²) in [6.45, 7) is 10.3. The smallest absolute Gasteiger partial charge is 0.326 e. The third-order valence-electron chi connectivity index (χ3n) is 7.21. The Morgan fingerprint density at radius 3 is 2.60 bits per heavy atom. The van der Waals surface area contributed by atoms with E-state index in [4.69, 9.17) is 22.9 Å². The first kappa shape index (κ1) is 28.9. The first-order chi connectivity index (χ1) is 20.2. The SMILES string of the molecule is [C-]#[N+]c1ccc(-c2ccc(C[C@H](NC(=O)c3c(F)cc(N4CCOC[C@H]4C)cc3F)C(=O)O)c3cccnc23)c(Cl)c1. The Morgan fingerprint density at radius 1 is 1.19 bits per heavy atom. The number of aliphatic carboxylic acids is 1. The number of benzene rings is 3. The first-order valence-corrected chi connectivity index (χ1v) is 13.5. The number of ether oxygens (including phenoxy) is 1. The molecule has 2 atom stereocenters. The summed E-state index contributed by atoms with van der Waals surface area (Å²) in [7, 11) is 0. The van der Waals surface area contributed by atoms with Crippen molar-refractivity contribution in [2.75, 3.05) is 24.7 Å². The number of hydrogen-bond acceptors (Lipinski definition) is 5. The van der Waals surface area contributed by atoms with Gasteiger partial charge in [0.2, 0.25) is 0 Å². The van der Waals surface area contributed by atoms with Crippen LogP contribution in [0.2, 0.25) is 5.02 Å². The minimum absolute atomic E-state index is 0.113. The largest absolute Gasteiger partial charge is 0.480 e. The van der Waals surface area contributed by atoms with Crippen LogP contribution in [0.3, 0.4) is 0 Å². The maximum absolute atomic E-state index is 15.1. The van der Waals surface area contributed by atoms with Crippen molar-refractivity contribution in [2.45, 2.75) is 25.4 Å². The molecule has 0 spiro atoms. The molecule has 0 saturated carbocycles. The molecule has 1 fully saturated rings. The Bertz CT molecular complexity index is 1720. The number of anilines is 1. The van der Waals surface area contributed by atoms with E-state index >= 15 is 8.78 Å². The van der Waals surface area contributed by atoms with Crippen molar-refractivity contribution in [3.8, 4) is 11.1 Å². The van der Waals surface area contributed by atoms with Crippen LogP contribution in [0.5, 0.6) is 0 Å². The summed E-state index contributed by atoms with van der Waals surface area (Å²) in [5, 5.41) is 13.2. The molecule has 4 aromatic rings. The van der Waals surface area contributed by atoms with Gasteiger partial charge in [-0.05, 0) is 42.3 Å². The highest BCUT2D eigenvalue weighted by atomic mass is 35.5. The lowest BCUT2D eigenvalue weighted by atomic mass is 9.95. The van der Waals surface area contributed by atoms with E-state index in [0.29, 0.717) is 58.1 Å². The molecule has 0 bridgehead atoms. The zero-order chi connectivity index (χ0) is 30.0. The fourth-order valence-corrected chi connectivity index (χ4v) is 5.40. The van der Waals surface area contributed by atoms with E-state index in [1.165, 1.54) is 0 Å². The highest BCUT2D eigenvalue weighted by Gasteiger charge is 2.28. The number of pyridine rings is 1. The summed E-state index contributed by atoms with van der Waals surface area (Å²) in [6, 6.07) is 12.3. The van der Waals surface area contributed by atoms with Crippen LogP contribution >= 0.6 is 11.6 Å². The molecule has 0 radical (unpaired) electrons. The molecule has 3 aromatic carbocycles. The summed E-state index contributed by atoms with van der Waals surface area (Å²) in [6.07, 6.45) is 1.40. The molecule has 1 saturated heterocycles. The maximum atomic E-state index is 15.1. The number of carboxylic acid groups (broad SMARTS) is 1. The van der Waals surface area contributed by atoms with Crippen molar-refractivity contribution in [1.82, 2.24) is 10.3 Å². The number of hydrogen-bond donors (Lipinski definition) is 2. The number of carbonyl (C=O) groups excluding carboxylic acids is 1. The fourth-order valence-electron chi connectivity index (χ4n) is 5.12. The van der Waals surface area contributed by atoms with Crippen LogP contribution < -0.4 is 10.2 Å². The third kappa shape index (κ3) is 5.75. The minimum atomic E-state index is -1.49. The number of carbonyl (C=O) groups is 2. The highest BCUT2D eigenvalue weighted by Crippen LogP contribution is 2.36. The van der Waals surface area contributed by atoms with Crippen molar-refractivity contribution in [3.63, 3.8) is 0 Å². The van der Waals surface area contributed by atoms with Crippen molar-refractivity contribution >= 4 is 45.8 Å². The Labute approximate surface area is 245 Å². The van der Waals surface area contributed by atoms with Crippen LogP contribution in [-0.4, -0.2) is 53.8 Å². The molecule has 0 aliphatic carbocycles. The van der Waals surface area contributed by atoms with Gasteiger partial charge in [0.25, 0.3) is 5.91 Å². The van der Waals surface area contributed by atoms with Gasteiger partial charge in [0.1, 0.15) is 23.2 Å². The first-order valence-electron chi connectivity index (χ1n) is 13.1. The van der Waals surface area contributed by atoms with Gasteiger partial charge in [-0.15, -0.1) is 0 Å². The van der Waals surface area contributed by atoms with Crippen LogP contribution in [0.1, 0.15) is 22.8 Å². The van der Waals surface area contributed by atoms with Crippen LogP contribution in [0.25, 0.3) is 26.9 Å². The molecular formula is C31H25ClF2N4O4. The van der Waals surface area contributed by atoms with Gasteiger partial charge >= 0.3 is 5.97 Å². The van der Waals surface area contributed by atoms with Gasteiger partial charge in [-0.1, -0.05) is 41.9 Å². The maximum Gasteiger partial charge on any atom is 0.326 e. The Hall–Kier alpha value is -4.59. The zero-order valence-corrected chi connectivity index (χ0v) is 23.2. The molecule has 1 aromatic heterocycles. The summed E-state index contributed by atoms with van der Waals surface area (Å²) < 4.78 is 35.5. The number of morpholine rings is 1. The van der Waals surface area contributed by atoms with Gasteiger partial charge in [-0.25, -0.2) is 18.4 Å². The summed E-state index contributed by atoms with van der Waals surface area (Å²) in [4.78, 5) is 34.8.